The van der Waals surface area contributed by atoms with Gasteiger partial charge in [-0.1, -0.05) is 87.5 Å². The largest absolute Gasteiger partial charge is 0.400 e. The van der Waals surface area contributed by atoms with Gasteiger partial charge in [0.05, 0.1) is 17.3 Å². The molecule has 1 saturated carbocycles. The van der Waals surface area contributed by atoms with E-state index in [0.717, 1.165) is 37.8 Å². The molecule has 2 aliphatic carbocycles. The fourth-order valence-corrected chi connectivity index (χ4v) is 10.00. The zero-order valence-electron chi connectivity index (χ0n) is 19.5. The summed E-state index contributed by atoms with van der Waals surface area (Å²) in [7, 11) is -2.60. The van der Waals surface area contributed by atoms with Gasteiger partial charge < -0.3 is 10.2 Å². The Kier molecular flexibility index (Phi) is 5.35. The van der Waals surface area contributed by atoms with Crippen LogP contribution in [-0.4, -0.2) is 13.3 Å². The van der Waals surface area contributed by atoms with E-state index in [1.165, 1.54) is 21.6 Å². The van der Waals surface area contributed by atoms with Crippen molar-refractivity contribution in [3.05, 3.63) is 89.7 Å². The molecule has 0 saturated heterocycles. The first-order valence-electron chi connectivity index (χ1n) is 11.9. The SMILES string of the molecule is CC(C)(C)[Si](O[C@H]1CCCc2nc(C3(N)CC3)ccc21)(c1ccccc1)c1ccccc1. The predicted octanol–water partition coefficient (Wildman–Crippen LogP) is 4.98. The zero-order chi connectivity index (χ0) is 22.4. The number of fused-ring (bicyclic) bond motifs is 1. The molecule has 1 fully saturated rings. The lowest BCUT2D eigenvalue weighted by Crippen LogP contribution is -2.67. The molecule has 0 aliphatic heterocycles. The zero-order valence-corrected chi connectivity index (χ0v) is 20.5. The second-order valence-electron chi connectivity index (χ2n) is 10.6. The molecule has 1 aromatic heterocycles. The molecule has 2 aliphatic rings. The molecular weight excluding hydrogens is 408 g/mol. The van der Waals surface area contributed by atoms with Crippen molar-refractivity contribution in [1.82, 2.24) is 4.98 Å². The van der Waals surface area contributed by atoms with Crippen LogP contribution in [0.3, 0.4) is 0 Å². The van der Waals surface area contributed by atoms with Crippen molar-refractivity contribution in [3.8, 4) is 0 Å². The van der Waals surface area contributed by atoms with Crippen LogP contribution in [0.2, 0.25) is 5.04 Å². The molecule has 2 aromatic carbocycles. The highest BCUT2D eigenvalue weighted by Crippen LogP contribution is 2.45. The molecule has 3 nitrogen and oxygen atoms in total. The summed E-state index contributed by atoms with van der Waals surface area (Å²) in [5, 5.41) is 2.62. The third kappa shape index (κ3) is 3.64. The maximum Gasteiger partial charge on any atom is 0.261 e. The summed E-state index contributed by atoms with van der Waals surface area (Å²) >= 11 is 0. The lowest BCUT2D eigenvalue weighted by atomic mass is 9.92. The van der Waals surface area contributed by atoms with Gasteiger partial charge in [0.25, 0.3) is 8.32 Å². The molecule has 2 N–H and O–H groups in total. The minimum Gasteiger partial charge on any atom is -0.400 e. The molecule has 3 aromatic rings. The second kappa shape index (κ2) is 7.94. The lowest BCUT2D eigenvalue weighted by Gasteiger charge is -2.46. The van der Waals surface area contributed by atoms with Crippen LogP contribution in [0.5, 0.6) is 0 Å². The van der Waals surface area contributed by atoms with E-state index >= 15 is 0 Å². The summed E-state index contributed by atoms with van der Waals surface area (Å²) in [4.78, 5) is 5.05. The summed E-state index contributed by atoms with van der Waals surface area (Å²) in [5.74, 6) is 0. The van der Waals surface area contributed by atoms with Crippen molar-refractivity contribution in [2.75, 3.05) is 0 Å². The standard InChI is InChI=1S/C28H34N2OSi/c1-27(2,3)32(21-11-6-4-7-12-21,22-13-8-5-9-14-22)31-25-16-10-15-24-23(25)17-18-26(30-24)28(29)19-20-28/h4-9,11-14,17-18,25H,10,15-16,19-20,29H2,1-3H3/t25-/m0/s1. The maximum atomic E-state index is 7.45. The van der Waals surface area contributed by atoms with Gasteiger partial charge in [0.15, 0.2) is 0 Å². The molecule has 4 heteroatoms. The third-order valence-electron chi connectivity index (χ3n) is 7.27. The molecule has 1 heterocycles. The van der Waals surface area contributed by atoms with Crippen LogP contribution >= 0.6 is 0 Å². The van der Waals surface area contributed by atoms with Crippen LogP contribution < -0.4 is 16.1 Å². The molecular formula is C28H34N2OSi. The fraction of sp³-hybridized carbons (Fsp3) is 0.393. The summed E-state index contributed by atoms with van der Waals surface area (Å²) in [6.07, 6.45) is 5.29. The summed E-state index contributed by atoms with van der Waals surface area (Å²) in [6.45, 7) is 7.03. The first kappa shape index (κ1) is 21.6. The monoisotopic (exact) mass is 442 g/mol. The minimum atomic E-state index is -2.60. The number of nitrogens with two attached hydrogens (primary N) is 1. The number of rotatable bonds is 5. The Hall–Kier alpha value is -2.27. The molecule has 0 amide bonds. The van der Waals surface area contributed by atoms with Gasteiger partial charge in [-0.05, 0) is 53.6 Å². The van der Waals surface area contributed by atoms with Crippen LogP contribution in [-0.2, 0) is 16.4 Å². The van der Waals surface area contributed by atoms with Crippen molar-refractivity contribution >= 4 is 18.7 Å². The maximum absolute atomic E-state index is 7.45. The molecule has 0 bridgehead atoms. The number of hydrogen-bond acceptors (Lipinski definition) is 3. The number of hydrogen-bond donors (Lipinski definition) is 1. The van der Waals surface area contributed by atoms with Gasteiger partial charge in [-0.15, -0.1) is 0 Å². The van der Waals surface area contributed by atoms with Gasteiger partial charge in [-0.3, -0.25) is 4.98 Å². The first-order chi connectivity index (χ1) is 15.3. The quantitative estimate of drug-likeness (QED) is 0.567. The smallest absolute Gasteiger partial charge is 0.261 e. The van der Waals surface area contributed by atoms with Gasteiger partial charge in [0, 0.05) is 11.3 Å². The normalized spacial score (nSPS) is 19.9. The highest BCUT2D eigenvalue weighted by atomic mass is 28.4. The molecule has 32 heavy (non-hydrogen) atoms. The van der Waals surface area contributed by atoms with Crippen LogP contribution in [0.25, 0.3) is 0 Å². The summed E-state index contributed by atoms with van der Waals surface area (Å²) in [5.41, 5.74) is 9.77. The van der Waals surface area contributed by atoms with Crippen molar-refractivity contribution in [3.63, 3.8) is 0 Å². The summed E-state index contributed by atoms with van der Waals surface area (Å²) < 4.78 is 7.45. The van der Waals surface area contributed by atoms with Gasteiger partial charge in [-0.2, -0.15) is 0 Å². The first-order valence-corrected chi connectivity index (χ1v) is 13.8. The van der Waals surface area contributed by atoms with Crippen molar-refractivity contribution in [1.29, 1.82) is 0 Å². The van der Waals surface area contributed by atoms with E-state index in [1.54, 1.807) is 0 Å². The lowest BCUT2D eigenvalue weighted by molar-refractivity contribution is 0.168. The van der Waals surface area contributed by atoms with E-state index in [9.17, 15) is 0 Å². The van der Waals surface area contributed by atoms with E-state index in [4.69, 9.17) is 15.1 Å². The molecule has 0 spiro atoms. The second-order valence-corrected chi connectivity index (χ2v) is 14.8. The van der Waals surface area contributed by atoms with Gasteiger partial charge in [0.1, 0.15) is 0 Å². The molecule has 0 unspecified atom stereocenters. The Morgan fingerprint density at radius 2 is 1.50 bits per heavy atom. The summed E-state index contributed by atoms with van der Waals surface area (Å²) in [6, 6.07) is 26.2. The molecule has 1 atom stereocenters. The Morgan fingerprint density at radius 1 is 0.906 bits per heavy atom. The van der Waals surface area contributed by atoms with E-state index < -0.39 is 8.32 Å². The average molecular weight is 443 g/mol. The number of aromatic nitrogens is 1. The predicted molar refractivity (Wildman–Crippen MR) is 134 cm³/mol. The Bertz CT molecular complexity index is 1050. The van der Waals surface area contributed by atoms with Gasteiger partial charge >= 0.3 is 0 Å². The Balaban J connectivity index is 1.62. The average Bonchev–Trinajstić information content (AvgIpc) is 3.56. The van der Waals surface area contributed by atoms with Gasteiger partial charge in [0.2, 0.25) is 0 Å². The van der Waals surface area contributed by atoms with E-state index in [0.29, 0.717) is 0 Å². The van der Waals surface area contributed by atoms with Crippen LogP contribution in [0.15, 0.2) is 72.8 Å². The van der Waals surface area contributed by atoms with E-state index in [-0.39, 0.29) is 16.7 Å². The number of nitrogens with zero attached hydrogens (tertiary/aromatic N) is 1. The minimum absolute atomic E-state index is 0.0317. The van der Waals surface area contributed by atoms with Crippen molar-refractivity contribution in [2.45, 2.75) is 69.6 Å². The van der Waals surface area contributed by atoms with Crippen LogP contribution in [0.4, 0.5) is 0 Å². The number of aryl methyl sites for hydroxylation is 1. The molecule has 5 rings (SSSR count). The fourth-order valence-electron chi connectivity index (χ4n) is 5.31. The van der Waals surface area contributed by atoms with Crippen molar-refractivity contribution < 1.29 is 4.43 Å². The highest BCUT2D eigenvalue weighted by Gasteiger charge is 2.52. The molecule has 166 valence electrons. The van der Waals surface area contributed by atoms with E-state index in [1.807, 2.05) is 0 Å². The Morgan fingerprint density at radius 3 is 2.03 bits per heavy atom. The topological polar surface area (TPSA) is 48.1 Å². The number of pyridine rings is 1. The third-order valence-corrected chi connectivity index (χ3v) is 12.3. The highest BCUT2D eigenvalue weighted by molar-refractivity contribution is 6.99. The van der Waals surface area contributed by atoms with E-state index in [2.05, 4.69) is 93.6 Å². The van der Waals surface area contributed by atoms with Crippen molar-refractivity contribution in [2.24, 2.45) is 5.73 Å². The van der Waals surface area contributed by atoms with Gasteiger partial charge in [-0.25, -0.2) is 0 Å². The van der Waals surface area contributed by atoms with Crippen LogP contribution in [0.1, 0.15) is 69.5 Å². The number of benzene rings is 2. The molecule has 0 radical (unpaired) electrons. The Labute approximate surface area is 193 Å². The van der Waals surface area contributed by atoms with Crippen LogP contribution in [0, 0.1) is 0 Å².